The van der Waals surface area contributed by atoms with Crippen LogP contribution in [0, 0.1) is 0 Å². The van der Waals surface area contributed by atoms with Gasteiger partial charge in [-0.2, -0.15) is 0 Å². The molecule has 1 aliphatic heterocycles. The molecule has 1 amide bonds. The minimum Gasteiger partial charge on any atom is -0.361 e. The number of aromatic amines is 1. The molecule has 1 aliphatic rings. The molecule has 0 radical (unpaired) electrons. The van der Waals surface area contributed by atoms with Gasteiger partial charge in [-0.1, -0.05) is 18.2 Å². The first-order valence-corrected chi connectivity index (χ1v) is 6.62. The van der Waals surface area contributed by atoms with Crippen LogP contribution in [-0.4, -0.2) is 22.6 Å². The predicted octanol–water partition coefficient (Wildman–Crippen LogP) is 2.93. The number of carbonyl (C=O) groups excluding carboxylic acids is 2. The highest BCUT2D eigenvalue weighted by Crippen LogP contribution is 2.32. The third-order valence-electron chi connectivity index (χ3n) is 3.16. The normalized spacial score (nSPS) is 15.2. The smallest absolute Gasteiger partial charge is 0.256 e. The number of fused-ring (bicyclic) bond motifs is 1. The molecule has 0 saturated heterocycles. The van der Waals surface area contributed by atoms with E-state index in [-0.39, 0.29) is 17.6 Å². The Morgan fingerprint density at radius 3 is 2.90 bits per heavy atom. The molecule has 1 aromatic heterocycles. The Morgan fingerprint density at radius 1 is 1.30 bits per heavy atom. The summed E-state index contributed by atoms with van der Waals surface area (Å²) in [5.41, 5.74) is 3.44. The van der Waals surface area contributed by atoms with Gasteiger partial charge in [-0.3, -0.25) is 9.59 Å². The lowest BCUT2D eigenvalue weighted by atomic mass is 10.1. The second kappa shape index (κ2) is 4.98. The second-order valence-corrected chi connectivity index (χ2v) is 4.73. The Labute approximate surface area is 120 Å². The van der Waals surface area contributed by atoms with E-state index in [9.17, 15) is 9.59 Å². The number of Topliss-reactive ketones (excluding diaryl/α,β-unsaturated/α-hetero) is 1. The van der Waals surface area contributed by atoms with E-state index in [1.165, 1.54) is 0 Å². The van der Waals surface area contributed by atoms with Crippen molar-refractivity contribution in [2.45, 2.75) is 0 Å². The van der Waals surface area contributed by atoms with Gasteiger partial charge in [0.2, 0.25) is 0 Å². The first-order chi connectivity index (χ1) is 9.69. The standard InChI is InChI=1S/C15H11ClN2O2/c16-7-14(19)9-5-10(17-8-9)6-12-11-3-1-2-4-13(11)18-15(12)20/h1-6,8,17H,7H2,(H,18,20)/b12-6-. The molecular weight excluding hydrogens is 276 g/mol. The quantitative estimate of drug-likeness (QED) is 0.518. The Bertz CT molecular complexity index is 731. The van der Waals surface area contributed by atoms with Gasteiger partial charge in [0, 0.05) is 28.7 Å². The maximum atomic E-state index is 12.0. The number of hydrogen-bond donors (Lipinski definition) is 2. The number of benzene rings is 1. The van der Waals surface area contributed by atoms with E-state index in [0.717, 1.165) is 11.3 Å². The fraction of sp³-hybridized carbons (Fsp3) is 0.0667. The van der Waals surface area contributed by atoms with Crippen molar-refractivity contribution in [3.63, 3.8) is 0 Å². The Hall–Kier alpha value is -2.33. The van der Waals surface area contributed by atoms with Crippen molar-refractivity contribution in [3.8, 4) is 0 Å². The molecule has 0 unspecified atom stereocenters. The van der Waals surface area contributed by atoms with E-state index < -0.39 is 0 Å². The highest BCUT2D eigenvalue weighted by atomic mass is 35.5. The Morgan fingerprint density at radius 2 is 2.10 bits per heavy atom. The summed E-state index contributed by atoms with van der Waals surface area (Å²) in [6.07, 6.45) is 3.32. The van der Waals surface area contributed by atoms with E-state index >= 15 is 0 Å². The number of para-hydroxylation sites is 1. The summed E-state index contributed by atoms with van der Waals surface area (Å²) >= 11 is 5.51. The minimum atomic E-state index is -0.149. The fourth-order valence-corrected chi connectivity index (χ4v) is 2.33. The number of anilines is 1. The Kier molecular flexibility index (Phi) is 3.16. The molecule has 2 N–H and O–H groups in total. The number of rotatable bonds is 3. The van der Waals surface area contributed by atoms with E-state index in [4.69, 9.17) is 11.6 Å². The van der Waals surface area contributed by atoms with Crippen LogP contribution in [0.5, 0.6) is 0 Å². The summed E-state index contributed by atoms with van der Waals surface area (Å²) in [6.45, 7) is 0. The van der Waals surface area contributed by atoms with Gasteiger partial charge in [-0.05, 0) is 18.2 Å². The van der Waals surface area contributed by atoms with Gasteiger partial charge in [0.05, 0.1) is 11.5 Å². The van der Waals surface area contributed by atoms with Crippen LogP contribution < -0.4 is 5.32 Å². The van der Waals surface area contributed by atoms with Crippen LogP contribution in [0.3, 0.4) is 0 Å². The van der Waals surface area contributed by atoms with Crippen molar-refractivity contribution in [1.29, 1.82) is 0 Å². The third-order valence-corrected chi connectivity index (χ3v) is 3.40. The highest BCUT2D eigenvalue weighted by molar-refractivity contribution is 6.35. The lowest BCUT2D eigenvalue weighted by Gasteiger charge is -1.96. The van der Waals surface area contributed by atoms with Gasteiger partial charge >= 0.3 is 0 Å². The first kappa shape index (κ1) is 12.7. The molecule has 2 aromatic rings. The van der Waals surface area contributed by atoms with Gasteiger partial charge in [0.15, 0.2) is 5.78 Å². The number of hydrogen-bond acceptors (Lipinski definition) is 2. The van der Waals surface area contributed by atoms with Crippen molar-refractivity contribution in [1.82, 2.24) is 4.98 Å². The number of halogens is 1. The van der Waals surface area contributed by atoms with Crippen LogP contribution in [0.15, 0.2) is 36.5 Å². The molecule has 20 heavy (non-hydrogen) atoms. The van der Waals surface area contributed by atoms with E-state index in [0.29, 0.717) is 16.8 Å². The Balaban J connectivity index is 1.98. The van der Waals surface area contributed by atoms with Gasteiger partial charge in [0.1, 0.15) is 0 Å². The van der Waals surface area contributed by atoms with Crippen LogP contribution in [0.4, 0.5) is 5.69 Å². The molecule has 0 atom stereocenters. The van der Waals surface area contributed by atoms with Crippen molar-refractivity contribution < 1.29 is 9.59 Å². The van der Waals surface area contributed by atoms with Crippen molar-refractivity contribution in [2.24, 2.45) is 0 Å². The maximum absolute atomic E-state index is 12.0. The van der Waals surface area contributed by atoms with Crippen LogP contribution in [0.2, 0.25) is 0 Å². The molecule has 0 fully saturated rings. The summed E-state index contributed by atoms with van der Waals surface area (Å²) in [5, 5.41) is 2.80. The molecule has 4 nitrogen and oxygen atoms in total. The molecule has 3 rings (SSSR count). The SMILES string of the molecule is O=C1Nc2ccccc2/C1=C/c1cc(C(=O)CCl)c[nH]1. The summed E-state index contributed by atoms with van der Waals surface area (Å²) in [6, 6.07) is 9.17. The van der Waals surface area contributed by atoms with E-state index in [1.54, 1.807) is 18.3 Å². The van der Waals surface area contributed by atoms with Crippen LogP contribution in [0.1, 0.15) is 21.6 Å². The molecule has 0 aliphatic carbocycles. The van der Waals surface area contributed by atoms with Gasteiger partial charge in [-0.15, -0.1) is 11.6 Å². The average Bonchev–Trinajstić information content (AvgIpc) is 3.04. The molecule has 100 valence electrons. The van der Waals surface area contributed by atoms with E-state index in [1.807, 2.05) is 24.3 Å². The zero-order valence-electron chi connectivity index (χ0n) is 10.4. The molecule has 5 heteroatoms. The number of ketones is 1. The lowest BCUT2D eigenvalue weighted by Crippen LogP contribution is -2.03. The number of carbonyl (C=O) groups is 2. The minimum absolute atomic E-state index is 0.0583. The zero-order chi connectivity index (χ0) is 14.1. The lowest BCUT2D eigenvalue weighted by molar-refractivity contribution is -0.110. The highest BCUT2D eigenvalue weighted by Gasteiger charge is 2.23. The van der Waals surface area contributed by atoms with Crippen LogP contribution in [0.25, 0.3) is 11.6 Å². The molecule has 0 bridgehead atoms. The molecule has 0 saturated carbocycles. The zero-order valence-corrected chi connectivity index (χ0v) is 11.2. The van der Waals surface area contributed by atoms with Crippen LogP contribution >= 0.6 is 11.6 Å². The third kappa shape index (κ3) is 2.14. The molecule has 1 aromatic carbocycles. The summed E-state index contributed by atoms with van der Waals surface area (Å²) in [7, 11) is 0. The number of nitrogens with one attached hydrogen (secondary N) is 2. The summed E-state index contributed by atoms with van der Waals surface area (Å²) < 4.78 is 0. The van der Waals surface area contributed by atoms with Crippen molar-refractivity contribution in [2.75, 3.05) is 11.2 Å². The number of amides is 1. The predicted molar refractivity (Wildman–Crippen MR) is 78.8 cm³/mol. The number of aromatic nitrogens is 1. The number of alkyl halides is 1. The largest absolute Gasteiger partial charge is 0.361 e. The average molecular weight is 287 g/mol. The van der Waals surface area contributed by atoms with Crippen molar-refractivity contribution >= 4 is 40.6 Å². The fourth-order valence-electron chi connectivity index (χ4n) is 2.17. The second-order valence-electron chi connectivity index (χ2n) is 4.46. The molecule has 0 spiro atoms. The van der Waals surface area contributed by atoms with Gasteiger partial charge in [-0.25, -0.2) is 0 Å². The monoisotopic (exact) mass is 286 g/mol. The summed E-state index contributed by atoms with van der Waals surface area (Å²) in [5.74, 6) is -0.355. The van der Waals surface area contributed by atoms with Gasteiger partial charge in [0.25, 0.3) is 5.91 Å². The molecular formula is C15H11ClN2O2. The van der Waals surface area contributed by atoms with Gasteiger partial charge < -0.3 is 10.3 Å². The molecule has 2 heterocycles. The van der Waals surface area contributed by atoms with E-state index in [2.05, 4.69) is 10.3 Å². The topological polar surface area (TPSA) is 62.0 Å². The number of H-pyrrole nitrogens is 1. The van der Waals surface area contributed by atoms with Crippen molar-refractivity contribution in [3.05, 3.63) is 53.3 Å². The summed E-state index contributed by atoms with van der Waals surface area (Å²) in [4.78, 5) is 26.4. The first-order valence-electron chi connectivity index (χ1n) is 6.09. The van der Waals surface area contributed by atoms with Crippen LogP contribution in [-0.2, 0) is 4.79 Å². The maximum Gasteiger partial charge on any atom is 0.256 e.